The van der Waals surface area contributed by atoms with Crippen molar-refractivity contribution >= 4 is 11.6 Å². The molecule has 0 radical (unpaired) electrons. The fraction of sp³-hybridized carbons (Fsp3) is 0.444. The Hall–Kier alpha value is -1.65. The van der Waals surface area contributed by atoms with E-state index in [1.165, 1.54) is 6.33 Å². The topological polar surface area (TPSA) is 69.1 Å². The van der Waals surface area contributed by atoms with Crippen molar-refractivity contribution in [3.63, 3.8) is 0 Å². The summed E-state index contributed by atoms with van der Waals surface area (Å²) in [5.74, 6) is 0.825. The van der Waals surface area contributed by atoms with Gasteiger partial charge >= 0.3 is 0 Å². The number of nitrogens with zero attached hydrogens (tertiary/aromatic N) is 4. The lowest BCUT2D eigenvalue weighted by Crippen LogP contribution is -2.03. The number of rotatable bonds is 2. The molecule has 0 saturated carbocycles. The van der Waals surface area contributed by atoms with Crippen molar-refractivity contribution in [3.8, 4) is 0 Å². The number of nitrogens with two attached hydrogens (primary N) is 1. The molecular formula is C9H13N5. The van der Waals surface area contributed by atoms with Gasteiger partial charge in [-0.25, -0.2) is 9.97 Å². The summed E-state index contributed by atoms with van der Waals surface area (Å²) in [6.45, 7) is 4.29. The van der Waals surface area contributed by atoms with Crippen molar-refractivity contribution in [2.24, 2.45) is 0 Å². The Morgan fingerprint density at radius 3 is 3.00 bits per heavy atom. The minimum absolute atomic E-state index is 0.379. The summed E-state index contributed by atoms with van der Waals surface area (Å²) in [6, 6.07) is 0. The van der Waals surface area contributed by atoms with Crippen LogP contribution in [0.2, 0.25) is 0 Å². The number of anilines is 1. The maximum atomic E-state index is 5.66. The summed E-state index contributed by atoms with van der Waals surface area (Å²) in [5.41, 5.74) is 7.60. The summed E-state index contributed by atoms with van der Waals surface area (Å²) in [6.07, 6.45) is 4.35. The highest BCUT2D eigenvalue weighted by Crippen LogP contribution is 2.22. The first kappa shape index (κ1) is 8.93. The Morgan fingerprint density at radius 1 is 1.50 bits per heavy atom. The fourth-order valence-electron chi connectivity index (χ4n) is 1.42. The zero-order chi connectivity index (χ0) is 10.1. The lowest BCUT2D eigenvalue weighted by Gasteiger charge is -2.04. The highest BCUT2D eigenvalue weighted by Gasteiger charge is 2.12. The standard InChI is InChI=1S/C9H13N5/c1-3-6(2)7-4-13-14-8(7)11-5-12-9(14)10/h4-6H,3H2,1-2H3,(H2,10,11,12). The van der Waals surface area contributed by atoms with E-state index < -0.39 is 0 Å². The van der Waals surface area contributed by atoms with E-state index in [0.717, 1.165) is 17.6 Å². The van der Waals surface area contributed by atoms with Crippen molar-refractivity contribution in [2.75, 3.05) is 5.73 Å². The summed E-state index contributed by atoms with van der Waals surface area (Å²) in [7, 11) is 0. The number of hydrogen-bond donors (Lipinski definition) is 1. The Morgan fingerprint density at radius 2 is 2.29 bits per heavy atom. The minimum Gasteiger partial charge on any atom is -0.368 e. The van der Waals surface area contributed by atoms with Gasteiger partial charge in [-0.1, -0.05) is 13.8 Å². The maximum absolute atomic E-state index is 5.66. The lowest BCUT2D eigenvalue weighted by atomic mass is 10.0. The van der Waals surface area contributed by atoms with Crippen molar-refractivity contribution < 1.29 is 0 Å². The van der Waals surface area contributed by atoms with Crippen LogP contribution in [-0.4, -0.2) is 19.6 Å². The zero-order valence-corrected chi connectivity index (χ0v) is 8.31. The third-order valence-corrected chi connectivity index (χ3v) is 2.50. The van der Waals surface area contributed by atoms with E-state index in [-0.39, 0.29) is 0 Å². The van der Waals surface area contributed by atoms with Gasteiger partial charge in [-0.3, -0.25) is 0 Å². The van der Waals surface area contributed by atoms with Crippen LogP contribution in [0, 0.1) is 0 Å². The molecule has 5 heteroatoms. The molecule has 14 heavy (non-hydrogen) atoms. The predicted molar refractivity (Wildman–Crippen MR) is 53.9 cm³/mol. The second-order valence-corrected chi connectivity index (χ2v) is 3.38. The maximum Gasteiger partial charge on any atom is 0.224 e. The average Bonchev–Trinajstić information content (AvgIpc) is 2.62. The van der Waals surface area contributed by atoms with Crippen LogP contribution < -0.4 is 5.73 Å². The summed E-state index contributed by atoms with van der Waals surface area (Å²) >= 11 is 0. The molecule has 2 heterocycles. The highest BCUT2D eigenvalue weighted by molar-refractivity contribution is 5.50. The summed E-state index contributed by atoms with van der Waals surface area (Å²) in [4.78, 5) is 8.05. The van der Waals surface area contributed by atoms with E-state index in [4.69, 9.17) is 5.73 Å². The van der Waals surface area contributed by atoms with Crippen LogP contribution in [0.5, 0.6) is 0 Å². The molecule has 1 unspecified atom stereocenters. The van der Waals surface area contributed by atoms with Crippen LogP contribution in [0.3, 0.4) is 0 Å². The van der Waals surface area contributed by atoms with E-state index in [1.807, 2.05) is 6.20 Å². The Balaban J connectivity index is 2.63. The van der Waals surface area contributed by atoms with E-state index in [2.05, 4.69) is 28.9 Å². The molecule has 0 aliphatic heterocycles. The molecule has 0 saturated heterocycles. The van der Waals surface area contributed by atoms with Crippen LogP contribution in [0.15, 0.2) is 12.5 Å². The molecule has 74 valence electrons. The molecule has 0 aliphatic rings. The molecule has 1 atom stereocenters. The molecule has 0 spiro atoms. The highest BCUT2D eigenvalue weighted by atomic mass is 15.3. The van der Waals surface area contributed by atoms with Gasteiger partial charge in [-0.05, 0) is 12.3 Å². The van der Waals surface area contributed by atoms with Gasteiger partial charge in [0, 0.05) is 5.56 Å². The number of hydrogen-bond acceptors (Lipinski definition) is 4. The van der Waals surface area contributed by atoms with Crippen LogP contribution >= 0.6 is 0 Å². The molecule has 0 amide bonds. The predicted octanol–water partition coefficient (Wildman–Crippen LogP) is 1.22. The van der Waals surface area contributed by atoms with Gasteiger partial charge in [0.1, 0.15) is 6.33 Å². The first-order chi connectivity index (χ1) is 6.74. The molecule has 0 aromatic carbocycles. The molecule has 2 aromatic heterocycles. The SMILES string of the molecule is CCC(C)c1cnn2c(N)ncnc12. The molecule has 0 aliphatic carbocycles. The van der Waals surface area contributed by atoms with Crippen LogP contribution in [0.1, 0.15) is 31.7 Å². The Kier molecular flexibility index (Phi) is 2.07. The van der Waals surface area contributed by atoms with Crippen molar-refractivity contribution in [1.29, 1.82) is 0 Å². The van der Waals surface area contributed by atoms with Gasteiger partial charge in [0.05, 0.1) is 6.20 Å². The third-order valence-electron chi connectivity index (χ3n) is 2.50. The van der Waals surface area contributed by atoms with Crippen molar-refractivity contribution in [3.05, 3.63) is 18.1 Å². The molecule has 2 rings (SSSR count). The first-order valence-electron chi connectivity index (χ1n) is 4.68. The van der Waals surface area contributed by atoms with Crippen LogP contribution in [0.25, 0.3) is 5.65 Å². The van der Waals surface area contributed by atoms with E-state index >= 15 is 0 Å². The van der Waals surface area contributed by atoms with E-state index in [9.17, 15) is 0 Å². The Labute approximate surface area is 82.0 Å². The molecule has 2 N–H and O–H groups in total. The quantitative estimate of drug-likeness (QED) is 0.774. The second kappa shape index (κ2) is 3.25. The monoisotopic (exact) mass is 191 g/mol. The number of fused-ring (bicyclic) bond motifs is 1. The first-order valence-corrected chi connectivity index (χ1v) is 4.68. The molecule has 0 fully saturated rings. The summed E-state index contributed by atoms with van der Waals surface area (Å²) in [5, 5.41) is 4.15. The minimum atomic E-state index is 0.379. The number of aromatic nitrogens is 4. The van der Waals surface area contributed by atoms with Gasteiger partial charge in [0.15, 0.2) is 5.65 Å². The van der Waals surface area contributed by atoms with Gasteiger partial charge in [0.2, 0.25) is 5.95 Å². The molecule has 0 bridgehead atoms. The molecular weight excluding hydrogens is 178 g/mol. The van der Waals surface area contributed by atoms with Gasteiger partial charge in [-0.2, -0.15) is 9.61 Å². The van der Waals surface area contributed by atoms with Gasteiger partial charge in [0.25, 0.3) is 0 Å². The molecule has 5 nitrogen and oxygen atoms in total. The summed E-state index contributed by atoms with van der Waals surface area (Å²) < 4.78 is 1.57. The third kappa shape index (κ3) is 1.21. The largest absolute Gasteiger partial charge is 0.368 e. The smallest absolute Gasteiger partial charge is 0.224 e. The van der Waals surface area contributed by atoms with Gasteiger partial charge in [-0.15, -0.1) is 0 Å². The lowest BCUT2D eigenvalue weighted by molar-refractivity contribution is 0.737. The fourth-order valence-corrected chi connectivity index (χ4v) is 1.42. The second-order valence-electron chi connectivity index (χ2n) is 3.38. The van der Waals surface area contributed by atoms with Crippen molar-refractivity contribution in [2.45, 2.75) is 26.2 Å². The zero-order valence-electron chi connectivity index (χ0n) is 8.31. The average molecular weight is 191 g/mol. The van der Waals surface area contributed by atoms with E-state index in [1.54, 1.807) is 4.52 Å². The molecule has 2 aromatic rings. The Bertz CT molecular complexity index is 447. The normalized spacial score (nSPS) is 13.3. The number of nitrogen functional groups attached to an aromatic ring is 1. The van der Waals surface area contributed by atoms with Crippen LogP contribution in [0.4, 0.5) is 5.95 Å². The van der Waals surface area contributed by atoms with E-state index in [0.29, 0.717) is 11.9 Å². The van der Waals surface area contributed by atoms with Gasteiger partial charge < -0.3 is 5.73 Å². The van der Waals surface area contributed by atoms with Crippen molar-refractivity contribution in [1.82, 2.24) is 19.6 Å². The van der Waals surface area contributed by atoms with Crippen LogP contribution in [-0.2, 0) is 0 Å².